The van der Waals surface area contributed by atoms with Crippen molar-refractivity contribution in [1.29, 1.82) is 0 Å². The Morgan fingerprint density at radius 1 is 1.50 bits per heavy atom. The molecule has 1 amide bonds. The highest BCUT2D eigenvalue weighted by Crippen LogP contribution is 2.14. The second-order valence-electron chi connectivity index (χ2n) is 3.44. The van der Waals surface area contributed by atoms with Gasteiger partial charge in [0.15, 0.2) is 11.6 Å². The summed E-state index contributed by atoms with van der Waals surface area (Å²) in [5.74, 6) is -1.18. The summed E-state index contributed by atoms with van der Waals surface area (Å²) in [5.41, 5.74) is 0.490. The first kappa shape index (κ1) is 12.0. The standard InChI is InChI=1S/C11H11FN4O2/c1-13-10-9(12)8(2-4-14-10)11(17)15-6-7-3-5-18-16-7/h2-5H,6H2,1H3,(H,13,14)(H,15,17). The summed E-state index contributed by atoms with van der Waals surface area (Å²) < 4.78 is 18.4. The maximum Gasteiger partial charge on any atom is 0.254 e. The van der Waals surface area contributed by atoms with Crippen LogP contribution >= 0.6 is 0 Å². The maximum absolute atomic E-state index is 13.8. The number of halogens is 1. The van der Waals surface area contributed by atoms with E-state index in [4.69, 9.17) is 0 Å². The molecule has 2 N–H and O–H groups in total. The SMILES string of the molecule is CNc1nccc(C(=O)NCc2ccon2)c1F. The van der Waals surface area contributed by atoms with E-state index in [0.717, 1.165) is 0 Å². The van der Waals surface area contributed by atoms with Gasteiger partial charge in [-0.15, -0.1) is 0 Å². The van der Waals surface area contributed by atoms with Crippen LogP contribution in [0.4, 0.5) is 10.2 Å². The zero-order valence-electron chi connectivity index (χ0n) is 9.61. The Bertz CT molecular complexity index is 542. The number of anilines is 1. The zero-order valence-corrected chi connectivity index (χ0v) is 9.61. The fraction of sp³-hybridized carbons (Fsp3) is 0.182. The number of carbonyl (C=O) groups is 1. The molecule has 0 aliphatic carbocycles. The van der Waals surface area contributed by atoms with Gasteiger partial charge in [0.25, 0.3) is 5.91 Å². The van der Waals surface area contributed by atoms with Crippen LogP contribution in [0, 0.1) is 5.82 Å². The molecule has 0 bridgehead atoms. The lowest BCUT2D eigenvalue weighted by molar-refractivity contribution is 0.0946. The van der Waals surface area contributed by atoms with Crippen LogP contribution in [0.2, 0.25) is 0 Å². The van der Waals surface area contributed by atoms with Gasteiger partial charge in [0.1, 0.15) is 12.0 Å². The minimum atomic E-state index is -0.683. The largest absolute Gasteiger partial charge is 0.371 e. The zero-order chi connectivity index (χ0) is 13.0. The van der Waals surface area contributed by atoms with Crippen LogP contribution in [0.15, 0.2) is 29.1 Å². The molecule has 0 aliphatic rings. The number of hydrogen-bond donors (Lipinski definition) is 2. The Kier molecular flexibility index (Phi) is 3.52. The van der Waals surface area contributed by atoms with Crippen LogP contribution in [0.5, 0.6) is 0 Å². The minimum Gasteiger partial charge on any atom is -0.371 e. The van der Waals surface area contributed by atoms with Crippen LogP contribution in [0.3, 0.4) is 0 Å². The maximum atomic E-state index is 13.8. The van der Waals surface area contributed by atoms with Gasteiger partial charge in [0.05, 0.1) is 12.1 Å². The number of aromatic nitrogens is 2. The van der Waals surface area contributed by atoms with E-state index in [2.05, 4.69) is 25.3 Å². The monoisotopic (exact) mass is 250 g/mol. The van der Waals surface area contributed by atoms with E-state index in [9.17, 15) is 9.18 Å². The molecule has 6 nitrogen and oxygen atoms in total. The van der Waals surface area contributed by atoms with Gasteiger partial charge >= 0.3 is 0 Å². The molecule has 0 unspecified atom stereocenters. The van der Waals surface area contributed by atoms with E-state index in [1.54, 1.807) is 6.07 Å². The third-order valence-corrected chi connectivity index (χ3v) is 2.29. The first-order valence-corrected chi connectivity index (χ1v) is 5.22. The lowest BCUT2D eigenvalue weighted by Gasteiger charge is -2.06. The first-order valence-electron chi connectivity index (χ1n) is 5.22. The van der Waals surface area contributed by atoms with Crippen molar-refractivity contribution in [2.75, 3.05) is 12.4 Å². The molecule has 0 spiro atoms. The number of hydrogen-bond acceptors (Lipinski definition) is 5. The second-order valence-corrected chi connectivity index (χ2v) is 3.44. The normalized spacial score (nSPS) is 10.1. The molecule has 0 saturated heterocycles. The Hall–Kier alpha value is -2.44. The van der Waals surface area contributed by atoms with Crippen LogP contribution < -0.4 is 10.6 Å². The third-order valence-electron chi connectivity index (χ3n) is 2.29. The number of rotatable bonds is 4. The molecule has 0 radical (unpaired) electrons. The molecule has 2 aromatic heterocycles. The Labute approximate surface area is 102 Å². The molecule has 94 valence electrons. The van der Waals surface area contributed by atoms with Gasteiger partial charge in [0.2, 0.25) is 0 Å². The summed E-state index contributed by atoms with van der Waals surface area (Å²) >= 11 is 0. The molecule has 0 aliphatic heterocycles. The van der Waals surface area contributed by atoms with Crippen LogP contribution in [0.25, 0.3) is 0 Å². The number of nitrogens with one attached hydrogen (secondary N) is 2. The van der Waals surface area contributed by atoms with Crippen LogP contribution in [-0.4, -0.2) is 23.1 Å². The molecular formula is C11H11FN4O2. The highest BCUT2D eigenvalue weighted by Gasteiger charge is 2.15. The van der Waals surface area contributed by atoms with Gasteiger partial charge in [0, 0.05) is 19.3 Å². The first-order chi connectivity index (χ1) is 8.72. The summed E-state index contributed by atoms with van der Waals surface area (Å²) in [4.78, 5) is 15.5. The molecule has 0 aromatic carbocycles. The smallest absolute Gasteiger partial charge is 0.254 e. The van der Waals surface area contributed by atoms with Crippen molar-refractivity contribution in [3.63, 3.8) is 0 Å². The van der Waals surface area contributed by atoms with Gasteiger partial charge in [-0.05, 0) is 6.07 Å². The number of pyridine rings is 1. The van der Waals surface area contributed by atoms with Crippen molar-refractivity contribution >= 4 is 11.7 Å². The van der Waals surface area contributed by atoms with E-state index in [1.807, 2.05) is 0 Å². The highest BCUT2D eigenvalue weighted by molar-refractivity contribution is 5.95. The molecule has 2 heterocycles. The summed E-state index contributed by atoms with van der Waals surface area (Å²) in [6.07, 6.45) is 2.76. The average molecular weight is 250 g/mol. The summed E-state index contributed by atoms with van der Waals surface area (Å²) in [7, 11) is 1.53. The fourth-order valence-electron chi connectivity index (χ4n) is 1.39. The average Bonchev–Trinajstić information content (AvgIpc) is 2.89. The highest BCUT2D eigenvalue weighted by atomic mass is 19.1. The molecule has 2 rings (SSSR count). The van der Waals surface area contributed by atoms with Crippen LogP contribution in [-0.2, 0) is 6.54 Å². The van der Waals surface area contributed by atoms with E-state index >= 15 is 0 Å². The predicted molar refractivity (Wildman–Crippen MR) is 61.4 cm³/mol. The Morgan fingerprint density at radius 3 is 3.00 bits per heavy atom. The minimum absolute atomic E-state index is 0.0316. The van der Waals surface area contributed by atoms with Crippen molar-refractivity contribution < 1.29 is 13.7 Å². The van der Waals surface area contributed by atoms with Crippen molar-refractivity contribution in [2.24, 2.45) is 0 Å². The van der Waals surface area contributed by atoms with Crippen molar-refractivity contribution in [2.45, 2.75) is 6.54 Å². The van der Waals surface area contributed by atoms with Gasteiger partial charge in [-0.25, -0.2) is 9.37 Å². The van der Waals surface area contributed by atoms with Gasteiger partial charge in [-0.3, -0.25) is 4.79 Å². The van der Waals surface area contributed by atoms with Gasteiger partial charge in [-0.1, -0.05) is 5.16 Å². The van der Waals surface area contributed by atoms with Gasteiger partial charge < -0.3 is 15.2 Å². The number of amides is 1. The molecular weight excluding hydrogens is 239 g/mol. The topological polar surface area (TPSA) is 80.0 Å². The lowest BCUT2D eigenvalue weighted by Crippen LogP contribution is -2.24. The van der Waals surface area contributed by atoms with E-state index in [-0.39, 0.29) is 17.9 Å². The third kappa shape index (κ3) is 2.45. The van der Waals surface area contributed by atoms with Crippen molar-refractivity contribution in [3.8, 4) is 0 Å². The van der Waals surface area contributed by atoms with Crippen molar-refractivity contribution in [1.82, 2.24) is 15.5 Å². The summed E-state index contributed by atoms with van der Waals surface area (Å²) in [6.45, 7) is 0.173. The second kappa shape index (κ2) is 5.26. The molecule has 0 fully saturated rings. The summed E-state index contributed by atoms with van der Waals surface area (Å²) in [6, 6.07) is 2.93. The lowest BCUT2D eigenvalue weighted by atomic mass is 10.2. The molecule has 18 heavy (non-hydrogen) atoms. The quantitative estimate of drug-likeness (QED) is 0.851. The number of carbonyl (C=O) groups excluding carboxylic acids is 1. The molecule has 7 heteroatoms. The molecule has 0 atom stereocenters. The van der Waals surface area contributed by atoms with Crippen LogP contribution in [0.1, 0.15) is 16.1 Å². The Morgan fingerprint density at radius 2 is 2.33 bits per heavy atom. The van der Waals surface area contributed by atoms with E-state index in [1.165, 1.54) is 25.6 Å². The Balaban J connectivity index is 2.09. The molecule has 0 saturated carbocycles. The van der Waals surface area contributed by atoms with Crippen molar-refractivity contribution in [3.05, 3.63) is 41.7 Å². The van der Waals surface area contributed by atoms with E-state index < -0.39 is 11.7 Å². The van der Waals surface area contributed by atoms with Gasteiger partial charge in [-0.2, -0.15) is 0 Å². The predicted octanol–water partition coefficient (Wildman–Crippen LogP) is 1.18. The summed E-state index contributed by atoms with van der Waals surface area (Å²) in [5, 5.41) is 8.73. The molecule has 2 aromatic rings. The van der Waals surface area contributed by atoms with E-state index in [0.29, 0.717) is 5.69 Å². The fourth-order valence-corrected chi connectivity index (χ4v) is 1.39. The number of nitrogens with zero attached hydrogens (tertiary/aromatic N) is 2.